The number of rotatable bonds is 7. The molecule has 1 aromatic carbocycles. The minimum absolute atomic E-state index is 0.174. The molecule has 20 heavy (non-hydrogen) atoms. The number of hydrogen-bond donors (Lipinski definition) is 3. The summed E-state index contributed by atoms with van der Waals surface area (Å²) >= 11 is 0. The van der Waals surface area contributed by atoms with E-state index in [0.29, 0.717) is 12.1 Å². The molecule has 0 radical (unpaired) electrons. The van der Waals surface area contributed by atoms with Crippen LogP contribution in [-0.4, -0.2) is 31.7 Å². The van der Waals surface area contributed by atoms with Crippen molar-refractivity contribution in [3.63, 3.8) is 0 Å². The van der Waals surface area contributed by atoms with E-state index in [2.05, 4.69) is 10.0 Å². The van der Waals surface area contributed by atoms with Gasteiger partial charge >= 0.3 is 0 Å². The third-order valence-electron chi connectivity index (χ3n) is 2.99. The summed E-state index contributed by atoms with van der Waals surface area (Å²) in [6.07, 6.45) is 0.583. The summed E-state index contributed by atoms with van der Waals surface area (Å²) in [5.41, 5.74) is -0.378. The van der Waals surface area contributed by atoms with Crippen LogP contribution in [0.4, 0.5) is 5.69 Å². The number of aliphatic hydroxyl groups is 1. The van der Waals surface area contributed by atoms with Crippen LogP contribution in [0.1, 0.15) is 34.1 Å². The van der Waals surface area contributed by atoms with Crippen LogP contribution < -0.4 is 10.0 Å². The summed E-state index contributed by atoms with van der Waals surface area (Å²) in [4.78, 5) is 0.195. The van der Waals surface area contributed by atoms with Gasteiger partial charge in [0.05, 0.1) is 11.3 Å². The van der Waals surface area contributed by atoms with Crippen molar-refractivity contribution in [3.05, 3.63) is 24.3 Å². The number of anilines is 1. The quantitative estimate of drug-likeness (QED) is 0.719. The minimum Gasteiger partial charge on any atom is -0.388 e. The third kappa shape index (κ3) is 4.77. The molecule has 0 saturated heterocycles. The van der Waals surface area contributed by atoms with Crippen molar-refractivity contribution >= 4 is 15.7 Å². The van der Waals surface area contributed by atoms with Crippen molar-refractivity contribution < 1.29 is 13.5 Å². The minimum atomic E-state index is -3.56. The summed E-state index contributed by atoms with van der Waals surface area (Å²) in [6.45, 7) is 7.43. The molecule has 0 fully saturated rings. The van der Waals surface area contributed by atoms with E-state index in [9.17, 15) is 13.5 Å². The highest BCUT2D eigenvalue weighted by Crippen LogP contribution is 2.22. The van der Waals surface area contributed by atoms with E-state index in [0.717, 1.165) is 0 Å². The molecule has 3 N–H and O–H groups in total. The molecule has 1 unspecified atom stereocenters. The van der Waals surface area contributed by atoms with Crippen LogP contribution in [0.2, 0.25) is 0 Å². The van der Waals surface area contributed by atoms with E-state index in [1.165, 1.54) is 0 Å². The molecule has 114 valence electrons. The van der Waals surface area contributed by atoms with Gasteiger partial charge < -0.3 is 10.4 Å². The molecule has 1 rings (SSSR count). The fourth-order valence-electron chi connectivity index (χ4n) is 1.63. The van der Waals surface area contributed by atoms with E-state index in [1.807, 2.05) is 6.92 Å². The van der Waals surface area contributed by atoms with Gasteiger partial charge in [-0.2, -0.15) is 0 Å². The number of hydrogen-bond acceptors (Lipinski definition) is 4. The van der Waals surface area contributed by atoms with Gasteiger partial charge in [0.1, 0.15) is 4.90 Å². The van der Waals surface area contributed by atoms with Gasteiger partial charge in [0.25, 0.3) is 0 Å². The first-order chi connectivity index (χ1) is 9.18. The van der Waals surface area contributed by atoms with Crippen LogP contribution in [0.3, 0.4) is 0 Å². The predicted octanol–water partition coefficient (Wildman–Crippen LogP) is 1.95. The Kier molecular flexibility index (Phi) is 5.56. The zero-order valence-electron chi connectivity index (χ0n) is 12.5. The lowest BCUT2D eigenvalue weighted by Crippen LogP contribution is -2.34. The second-order valence-electron chi connectivity index (χ2n) is 5.48. The van der Waals surface area contributed by atoms with Crippen molar-refractivity contribution in [3.8, 4) is 0 Å². The molecule has 0 amide bonds. The van der Waals surface area contributed by atoms with E-state index >= 15 is 0 Å². The van der Waals surface area contributed by atoms with Crippen LogP contribution in [0.25, 0.3) is 0 Å². The summed E-state index contributed by atoms with van der Waals surface area (Å²) in [5, 5.41) is 13.0. The van der Waals surface area contributed by atoms with Crippen LogP contribution in [0.15, 0.2) is 29.2 Å². The summed E-state index contributed by atoms with van der Waals surface area (Å²) < 4.78 is 27.0. The lowest BCUT2D eigenvalue weighted by Gasteiger charge is -2.23. The molecule has 0 aliphatic heterocycles. The fourth-order valence-corrected chi connectivity index (χ4v) is 3.07. The topological polar surface area (TPSA) is 78.4 Å². The van der Waals surface area contributed by atoms with E-state index in [4.69, 9.17) is 0 Å². The summed E-state index contributed by atoms with van der Waals surface area (Å²) in [6, 6.07) is 6.51. The molecule has 0 heterocycles. The Bertz CT molecular complexity index is 539. The van der Waals surface area contributed by atoms with Gasteiger partial charge in [0.15, 0.2) is 0 Å². The third-order valence-corrected chi connectivity index (χ3v) is 4.71. The number of nitrogens with one attached hydrogen (secondary N) is 2. The van der Waals surface area contributed by atoms with Crippen LogP contribution >= 0.6 is 0 Å². The maximum atomic E-state index is 12.2. The highest BCUT2D eigenvalue weighted by molar-refractivity contribution is 7.89. The zero-order chi connectivity index (χ0) is 15.4. The number of sulfonamides is 1. The molecule has 1 atom stereocenters. The molecule has 0 bridgehead atoms. The monoisotopic (exact) mass is 300 g/mol. The van der Waals surface area contributed by atoms with Gasteiger partial charge in [-0.15, -0.1) is 0 Å². The average molecular weight is 300 g/mol. The van der Waals surface area contributed by atoms with Gasteiger partial charge in [-0.1, -0.05) is 19.1 Å². The van der Waals surface area contributed by atoms with Crippen molar-refractivity contribution in [2.75, 3.05) is 11.9 Å². The molecule has 6 heteroatoms. The first kappa shape index (κ1) is 16.9. The SMILES string of the molecule is CCC(C)(O)CNc1ccccc1S(=O)(=O)NC(C)C. The Balaban J connectivity index is 3.00. The van der Waals surface area contributed by atoms with Crippen molar-refractivity contribution in [2.45, 2.75) is 50.7 Å². The first-order valence-corrected chi connectivity index (χ1v) is 8.24. The molecule has 0 aromatic heterocycles. The highest BCUT2D eigenvalue weighted by Gasteiger charge is 2.22. The second kappa shape index (κ2) is 6.56. The van der Waals surface area contributed by atoms with Crippen molar-refractivity contribution in [1.29, 1.82) is 0 Å². The van der Waals surface area contributed by atoms with Crippen LogP contribution in [0.5, 0.6) is 0 Å². The predicted molar refractivity (Wildman–Crippen MR) is 81.3 cm³/mol. The summed E-state index contributed by atoms with van der Waals surface area (Å²) in [5.74, 6) is 0. The van der Waals surface area contributed by atoms with Gasteiger partial charge in [0, 0.05) is 12.6 Å². The average Bonchev–Trinajstić information content (AvgIpc) is 2.35. The van der Waals surface area contributed by atoms with Gasteiger partial charge in [-0.25, -0.2) is 13.1 Å². The number of para-hydroxylation sites is 1. The Morgan fingerprint density at radius 3 is 2.45 bits per heavy atom. The van der Waals surface area contributed by atoms with Crippen LogP contribution in [-0.2, 0) is 10.0 Å². The smallest absolute Gasteiger partial charge is 0.242 e. The fraction of sp³-hybridized carbons (Fsp3) is 0.571. The lowest BCUT2D eigenvalue weighted by atomic mass is 10.0. The summed E-state index contributed by atoms with van der Waals surface area (Å²) in [7, 11) is -3.56. The lowest BCUT2D eigenvalue weighted by molar-refractivity contribution is 0.0697. The van der Waals surface area contributed by atoms with Gasteiger partial charge in [-0.05, 0) is 39.3 Å². The molecule has 0 aliphatic rings. The van der Waals surface area contributed by atoms with Crippen molar-refractivity contribution in [1.82, 2.24) is 4.72 Å². The molecule has 5 nitrogen and oxygen atoms in total. The Hall–Kier alpha value is -1.11. The molecule has 1 aromatic rings. The van der Waals surface area contributed by atoms with Gasteiger partial charge in [0.2, 0.25) is 10.0 Å². The maximum absolute atomic E-state index is 12.2. The Morgan fingerprint density at radius 1 is 1.30 bits per heavy atom. The standard InChI is InChI=1S/C14H24N2O3S/c1-5-14(4,17)10-15-12-8-6-7-9-13(12)20(18,19)16-11(2)3/h6-9,11,15-17H,5,10H2,1-4H3. The maximum Gasteiger partial charge on any atom is 0.242 e. The van der Waals surface area contributed by atoms with Gasteiger partial charge in [-0.3, -0.25) is 0 Å². The Morgan fingerprint density at radius 2 is 1.90 bits per heavy atom. The number of benzene rings is 1. The Labute approximate surface area is 121 Å². The van der Waals surface area contributed by atoms with Crippen molar-refractivity contribution in [2.24, 2.45) is 0 Å². The molecule has 0 spiro atoms. The second-order valence-corrected chi connectivity index (χ2v) is 7.16. The van der Waals surface area contributed by atoms with Crippen LogP contribution in [0, 0.1) is 0 Å². The normalized spacial score (nSPS) is 15.1. The molecule has 0 saturated carbocycles. The zero-order valence-corrected chi connectivity index (χ0v) is 13.3. The largest absolute Gasteiger partial charge is 0.388 e. The van der Waals surface area contributed by atoms with E-state index < -0.39 is 15.6 Å². The molecular weight excluding hydrogens is 276 g/mol. The van der Waals surface area contributed by atoms with E-state index in [1.54, 1.807) is 45.0 Å². The highest BCUT2D eigenvalue weighted by atomic mass is 32.2. The molecular formula is C14H24N2O3S. The molecule has 0 aliphatic carbocycles. The first-order valence-electron chi connectivity index (χ1n) is 6.75. The van der Waals surface area contributed by atoms with E-state index in [-0.39, 0.29) is 17.5 Å².